The Bertz CT molecular complexity index is 495. The minimum Gasteiger partial charge on any atom is -0.490 e. The molecule has 3 N–H and O–H groups in total. The Morgan fingerprint density at radius 2 is 2.35 bits per heavy atom. The van der Waals surface area contributed by atoms with Gasteiger partial charge in [-0.1, -0.05) is 0 Å². The van der Waals surface area contributed by atoms with E-state index in [1.807, 2.05) is 6.20 Å². The van der Waals surface area contributed by atoms with Gasteiger partial charge in [0.05, 0.1) is 12.7 Å². The number of rotatable bonds is 9. The molecule has 0 radical (unpaired) electrons. The molecule has 0 spiro atoms. The van der Waals surface area contributed by atoms with Crippen LogP contribution in [-0.2, 0) is 4.79 Å². The number of carbonyl (C=O) groups excluding carboxylic acids is 1. The summed E-state index contributed by atoms with van der Waals surface area (Å²) < 4.78 is 5.70. The minimum absolute atomic E-state index is 0.0570. The molecule has 1 aromatic rings. The molecule has 0 bridgehead atoms. The zero-order valence-corrected chi connectivity index (χ0v) is 14.0. The highest BCUT2D eigenvalue weighted by molar-refractivity contribution is 5.75. The van der Waals surface area contributed by atoms with Crippen molar-refractivity contribution < 1.29 is 9.53 Å². The summed E-state index contributed by atoms with van der Waals surface area (Å²) in [5.41, 5.74) is 6.61. The molecule has 1 aromatic heterocycles. The molecule has 6 nitrogen and oxygen atoms in total. The molecule has 1 aliphatic heterocycles. The number of nitrogens with one attached hydrogen (secondary N) is 1. The Labute approximate surface area is 138 Å². The van der Waals surface area contributed by atoms with Crippen LogP contribution in [0.25, 0.3) is 0 Å². The molecule has 1 fully saturated rings. The van der Waals surface area contributed by atoms with Crippen LogP contribution in [0.15, 0.2) is 18.5 Å². The topological polar surface area (TPSA) is 80.5 Å². The summed E-state index contributed by atoms with van der Waals surface area (Å²) in [4.78, 5) is 18.2. The zero-order chi connectivity index (χ0) is 16.5. The summed E-state index contributed by atoms with van der Waals surface area (Å²) in [5.74, 6) is 0.821. The van der Waals surface area contributed by atoms with Gasteiger partial charge in [0.2, 0.25) is 5.91 Å². The molecule has 1 atom stereocenters. The van der Waals surface area contributed by atoms with Crippen molar-refractivity contribution in [2.24, 2.45) is 5.73 Å². The van der Waals surface area contributed by atoms with Crippen LogP contribution >= 0.6 is 0 Å². The third kappa shape index (κ3) is 5.80. The van der Waals surface area contributed by atoms with E-state index in [0.29, 0.717) is 32.2 Å². The molecule has 2 rings (SSSR count). The number of ether oxygens (including phenoxy) is 1. The maximum atomic E-state index is 11.6. The fourth-order valence-corrected chi connectivity index (χ4v) is 2.91. The number of amides is 1. The molecule has 0 aliphatic carbocycles. The van der Waals surface area contributed by atoms with E-state index in [4.69, 9.17) is 10.5 Å². The second kappa shape index (κ2) is 9.47. The molecule has 6 heteroatoms. The van der Waals surface area contributed by atoms with Gasteiger partial charge < -0.3 is 15.8 Å². The van der Waals surface area contributed by atoms with E-state index in [9.17, 15) is 4.79 Å². The van der Waals surface area contributed by atoms with Crippen molar-refractivity contribution in [3.63, 3.8) is 0 Å². The lowest BCUT2D eigenvalue weighted by Gasteiger charge is -2.19. The first-order chi connectivity index (χ1) is 11.2. The van der Waals surface area contributed by atoms with Gasteiger partial charge in [-0.2, -0.15) is 0 Å². The van der Waals surface area contributed by atoms with Crippen molar-refractivity contribution in [1.82, 2.24) is 15.2 Å². The largest absolute Gasteiger partial charge is 0.490 e. The Kier molecular flexibility index (Phi) is 7.29. The fraction of sp³-hybridized carbons (Fsp3) is 0.647. The number of aromatic nitrogens is 1. The van der Waals surface area contributed by atoms with Crippen LogP contribution in [0.4, 0.5) is 0 Å². The van der Waals surface area contributed by atoms with E-state index in [0.717, 1.165) is 25.1 Å². The predicted octanol–water partition coefficient (Wildman–Crippen LogP) is 1.47. The first-order valence-electron chi connectivity index (χ1n) is 8.45. The molecule has 1 amide bonds. The normalized spacial score (nSPS) is 18.1. The van der Waals surface area contributed by atoms with E-state index >= 15 is 0 Å². The SMILES string of the molecule is CN1CCCC1c1cncc(OCCNC(=O)CCCCN)c1. The Hall–Kier alpha value is -1.66. The maximum Gasteiger partial charge on any atom is 0.220 e. The summed E-state index contributed by atoms with van der Waals surface area (Å²) in [6.45, 7) is 2.73. The number of unbranched alkanes of at least 4 members (excludes halogenated alkanes) is 1. The van der Waals surface area contributed by atoms with Gasteiger partial charge in [-0.25, -0.2) is 0 Å². The predicted molar refractivity (Wildman–Crippen MR) is 90.3 cm³/mol. The summed E-state index contributed by atoms with van der Waals surface area (Å²) in [5, 5.41) is 2.86. The number of carbonyl (C=O) groups is 1. The Balaban J connectivity index is 1.70. The van der Waals surface area contributed by atoms with Crippen LogP contribution < -0.4 is 15.8 Å². The highest BCUT2D eigenvalue weighted by Gasteiger charge is 2.22. The smallest absolute Gasteiger partial charge is 0.220 e. The van der Waals surface area contributed by atoms with Crippen LogP contribution in [0.3, 0.4) is 0 Å². The lowest BCUT2D eigenvalue weighted by atomic mass is 10.1. The van der Waals surface area contributed by atoms with E-state index in [-0.39, 0.29) is 5.91 Å². The molecule has 2 heterocycles. The standard InChI is InChI=1S/C17H28N4O2/c1-21-9-4-5-16(21)14-11-15(13-19-12-14)23-10-8-20-17(22)6-2-3-7-18/h11-13,16H,2-10,18H2,1H3,(H,20,22). The highest BCUT2D eigenvalue weighted by atomic mass is 16.5. The average Bonchev–Trinajstić information content (AvgIpc) is 2.98. The zero-order valence-electron chi connectivity index (χ0n) is 14.0. The third-order valence-corrected chi connectivity index (χ3v) is 4.19. The van der Waals surface area contributed by atoms with Gasteiger partial charge in [0.1, 0.15) is 12.4 Å². The summed E-state index contributed by atoms with van der Waals surface area (Å²) in [6.07, 6.45) is 8.29. The van der Waals surface area contributed by atoms with E-state index in [1.165, 1.54) is 18.4 Å². The molecular formula is C17H28N4O2. The Morgan fingerprint density at radius 1 is 1.48 bits per heavy atom. The van der Waals surface area contributed by atoms with Crippen LogP contribution in [0.1, 0.15) is 43.7 Å². The van der Waals surface area contributed by atoms with Crippen LogP contribution in [0, 0.1) is 0 Å². The molecule has 1 aliphatic rings. The van der Waals surface area contributed by atoms with Crippen molar-refractivity contribution in [3.05, 3.63) is 24.0 Å². The number of pyridine rings is 1. The molecule has 1 saturated heterocycles. The number of hydrogen-bond donors (Lipinski definition) is 2. The minimum atomic E-state index is 0.0570. The van der Waals surface area contributed by atoms with Crippen LogP contribution in [0.2, 0.25) is 0 Å². The van der Waals surface area contributed by atoms with Gasteiger partial charge in [0, 0.05) is 18.7 Å². The molecule has 23 heavy (non-hydrogen) atoms. The molecule has 0 aromatic carbocycles. The first-order valence-corrected chi connectivity index (χ1v) is 8.45. The van der Waals surface area contributed by atoms with Crippen molar-refractivity contribution in [1.29, 1.82) is 0 Å². The number of nitrogens with zero attached hydrogens (tertiary/aromatic N) is 2. The van der Waals surface area contributed by atoms with Gasteiger partial charge in [0.15, 0.2) is 0 Å². The van der Waals surface area contributed by atoms with Crippen molar-refractivity contribution in [2.75, 3.05) is 33.3 Å². The average molecular weight is 320 g/mol. The summed E-state index contributed by atoms with van der Waals surface area (Å²) in [7, 11) is 2.14. The number of hydrogen-bond acceptors (Lipinski definition) is 5. The van der Waals surface area contributed by atoms with Crippen molar-refractivity contribution in [3.8, 4) is 5.75 Å². The van der Waals surface area contributed by atoms with Crippen molar-refractivity contribution in [2.45, 2.75) is 38.1 Å². The van der Waals surface area contributed by atoms with Gasteiger partial charge >= 0.3 is 0 Å². The van der Waals surface area contributed by atoms with Gasteiger partial charge in [-0.3, -0.25) is 14.7 Å². The lowest BCUT2D eigenvalue weighted by molar-refractivity contribution is -0.121. The van der Waals surface area contributed by atoms with Crippen LogP contribution in [-0.4, -0.2) is 49.1 Å². The van der Waals surface area contributed by atoms with Gasteiger partial charge in [-0.15, -0.1) is 0 Å². The Morgan fingerprint density at radius 3 is 3.09 bits per heavy atom. The fourth-order valence-electron chi connectivity index (χ4n) is 2.91. The van der Waals surface area contributed by atoms with Crippen LogP contribution in [0.5, 0.6) is 5.75 Å². The number of likely N-dealkylation sites (tertiary alicyclic amines) is 1. The van der Waals surface area contributed by atoms with E-state index in [1.54, 1.807) is 6.20 Å². The summed E-state index contributed by atoms with van der Waals surface area (Å²) in [6, 6.07) is 2.50. The highest BCUT2D eigenvalue weighted by Crippen LogP contribution is 2.31. The van der Waals surface area contributed by atoms with Gasteiger partial charge in [-0.05, 0) is 57.5 Å². The molecule has 0 saturated carbocycles. The summed E-state index contributed by atoms with van der Waals surface area (Å²) >= 11 is 0. The second-order valence-electron chi connectivity index (χ2n) is 6.04. The van der Waals surface area contributed by atoms with Crippen molar-refractivity contribution >= 4 is 5.91 Å². The van der Waals surface area contributed by atoms with E-state index in [2.05, 4.69) is 28.3 Å². The third-order valence-electron chi connectivity index (χ3n) is 4.19. The quantitative estimate of drug-likeness (QED) is 0.674. The number of nitrogens with two attached hydrogens (primary N) is 1. The first kappa shape index (κ1) is 17.7. The van der Waals surface area contributed by atoms with E-state index < -0.39 is 0 Å². The molecule has 128 valence electrons. The molecule has 1 unspecified atom stereocenters. The lowest BCUT2D eigenvalue weighted by Crippen LogP contribution is -2.28. The maximum absolute atomic E-state index is 11.6. The van der Waals surface area contributed by atoms with Gasteiger partial charge in [0.25, 0.3) is 0 Å². The second-order valence-corrected chi connectivity index (χ2v) is 6.04. The molecular weight excluding hydrogens is 292 g/mol. The monoisotopic (exact) mass is 320 g/mol.